The van der Waals surface area contributed by atoms with Crippen molar-refractivity contribution in [1.29, 1.82) is 0 Å². The van der Waals surface area contributed by atoms with Crippen LogP contribution < -0.4 is 5.32 Å². The van der Waals surface area contributed by atoms with Gasteiger partial charge < -0.3 is 9.73 Å². The number of aromatic amines is 1. The zero-order valence-corrected chi connectivity index (χ0v) is 12.5. The molecule has 3 rings (SSSR count). The molecule has 0 bridgehead atoms. The molecule has 0 aliphatic carbocycles. The molecule has 3 aromatic rings. The summed E-state index contributed by atoms with van der Waals surface area (Å²) in [6, 6.07) is 5.25. The second kappa shape index (κ2) is 5.53. The van der Waals surface area contributed by atoms with Crippen LogP contribution in [0.1, 0.15) is 26.1 Å². The van der Waals surface area contributed by atoms with Gasteiger partial charge in [0.05, 0.1) is 23.5 Å². The van der Waals surface area contributed by atoms with Crippen LogP contribution in [0.2, 0.25) is 0 Å². The largest absolute Gasteiger partial charge is 0.463 e. The summed E-state index contributed by atoms with van der Waals surface area (Å²) in [5, 5.41) is 10.6. The summed E-state index contributed by atoms with van der Waals surface area (Å²) in [6.45, 7) is 4.35. The Morgan fingerprint density at radius 1 is 1.48 bits per heavy atom. The summed E-state index contributed by atoms with van der Waals surface area (Å²) < 4.78 is 5.25. The summed E-state index contributed by atoms with van der Waals surface area (Å²) in [7, 11) is 0. The minimum Gasteiger partial charge on any atom is -0.463 e. The highest BCUT2D eigenvalue weighted by Gasteiger charge is 2.13. The number of nitrogens with one attached hydrogen (secondary N) is 2. The predicted molar refractivity (Wildman–Crippen MR) is 79.0 cm³/mol. The van der Waals surface area contributed by atoms with Gasteiger partial charge in [-0.25, -0.2) is 4.98 Å². The van der Waals surface area contributed by atoms with E-state index in [-0.39, 0.29) is 5.91 Å². The van der Waals surface area contributed by atoms with Crippen LogP contribution in [0, 0.1) is 13.8 Å². The molecule has 21 heavy (non-hydrogen) atoms. The van der Waals surface area contributed by atoms with Crippen molar-refractivity contribution in [2.24, 2.45) is 0 Å². The molecule has 7 heteroatoms. The molecule has 0 saturated heterocycles. The highest BCUT2D eigenvalue weighted by molar-refractivity contribution is 7.11. The first kappa shape index (κ1) is 13.6. The number of carbonyl (C=O) groups is 1. The molecule has 0 saturated carbocycles. The molecular formula is C14H14N4O2S. The summed E-state index contributed by atoms with van der Waals surface area (Å²) in [5.41, 5.74) is 1.96. The second-order valence-electron chi connectivity index (χ2n) is 4.57. The fraction of sp³-hybridized carbons (Fsp3) is 0.214. The number of aryl methyl sites for hydroxylation is 2. The topological polar surface area (TPSA) is 83.8 Å². The maximum absolute atomic E-state index is 12.1. The van der Waals surface area contributed by atoms with Crippen LogP contribution in [-0.4, -0.2) is 21.1 Å². The monoisotopic (exact) mass is 302 g/mol. The molecular weight excluding hydrogens is 288 g/mol. The van der Waals surface area contributed by atoms with E-state index in [9.17, 15) is 4.79 Å². The lowest BCUT2D eigenvalue weighted by atomic mass is 10.3. The average molecular weight is 302 g/mol. The SMILES string of the molecule is Cc1nc(C)c(CNC(=O)c2cc(-c3ccco3)[nH]n2)s1. The number of hydrogen-bond acceptors (Lipinski definition) is 5. The number of nitrogens with zero attached hydrogens (tertiary/aromatic N) is 2. The first-order valence-corrected chi connectivity index (χ1v) is 7.25. The van der Waals surface area contributed by atoms with Gasteiger partial charge in [0.1, 0.15) is 5.69 Å². The van der Waals surface area contributed by atoms with Crippen molar-refractivity contribution in [3.05, 3.63) is 45.7 Å². The van der Waals surface area contributed by atoms with Crippen molar-refractivity contribution < 1.29 is 9.21 Å². The summed E-state index contributed by atoms with van der Waals surface area (Å²) >= 11 is 1.59. The van der Waals surface area contributed by atoms with Gasteiger partial charge in [-0.2, -0.15) is 5.10 Å². The smallest absolute Gasteiger partial charge is 0.272 e. The standard InChI is InChI=1S/C14H14N4O2S/c1-8-13(21-9(2)16-8)7-15-14(19)11-6-10(17-18-11)12-4-3-5-20-12/h3-6H,7H2,1-2H3,(H,15,19)(H,17,18). The van der Waals surface area contributed by atoms with Gasteiger partial charge in [0.25, 0.3) is 5.91 Å². The molecule has 0 unspecified atom stereocenters. The molecule has 1 amide bonds. The second-order valence-corrected chi connectivity index (χ2v) is 5.86. The van der Waals surface area contributed by atoms with Crippen molar-refractivity contribution >= 4 is 17.2 Å². The molecule has 2 N–H and O–H groups in total. The first-order valence-electron chi connectivity index (χ1n) is 6.44. The van der Waals surface area contributed by atoms with Gasteiger partial charge in [-0.3, -0.25) is 9.89 Å². The van der Waals surface area contributed by atoms with Crippen LogP contribution in [0.4, 0.5) is 0 Å². The zero-order valence-electron chi connectivity index (χ0n) is 11.6. The molecule has 3 aromatic heterocycles. The molecule has 0 radical (unpaired) electrons. The lowest BCUT2D eigenvalue weighted by Crippen LogP contribution is -2.23. The number of hydrogen-bond donors (Lipinski definition) is 2. The minimum atomic E-state index is -0.227. The maximum Gasteiger partial charge on any atom is 0.272 e. The predicted octanol–water partition coefficient (Wildman–Crippen LogP) is 2.67. The third kappa shape index (κ3) is 2.87. The van der Waals surface area contributed by atoms with E-state index >= 15 is 0 Å². The number of H-pyrrole nitrogens is 1. The Balaban J connectivity index is 1.67. The van der Waals surface area contributed by atoms with Crippen LogP contribution in [0.3, 0.4) is 0 Å². The highest BCUT2D eigenvalue weighted by Crippen LogP contribution is 2.19. The lowest BCUT2D eigenvalue weighted by molar-refractivity contribution is 0.0946. The number of thiazole rings is 1. The minimum absolute atomic E-state index is 0.227. The van der Waals surface area contributed by atoms with Crippen molar-refractivity contribution in [1.82, 2.24) is 20.5 Å². The Labute approximate surface area is 125 Å². The number of rotatable bonds is 4. The molecule has 0 fully saturated rings. The summed E-state index contributed by atoms with van der Waals surface area (Å²) in [4.78, 5) is 17.5. The Hall–Kier alpha value is -2.41. The first-order chi connectivity index (χ1) is 10.1. The van der Waals surface area contributed by atoms with Crippen LogP contribution >= 0.6 is 11.3 Å². The van der Waals surface area contributed by atoms with Gasteiger partial charge in [-0.15, -0.1) is 11.3 Å². The Bertz CT molecular complexity index is 758. The molecule has 0 spiro atoms. The number of aromatic nitrogens is 3. The normalized spacial score (nSPS) is 10.8. The van der Waals surface area contributed by atoms with E-state index < -0.39 is 0 Å². The van der Waals surface area contributed by atoms with E-state index in [4.69, 9.17) is 4.42 Å². The van der Waals surface area contributed by atoms with Crippen molar-refractivity contribution in [3.8, 4) is 11.5 Å². The van der Waals surface area contributed by atoms with Gasteiger partial charge in [-0.05, 0) is 26.0 Å². The lowest BCUT2D eigenvalue weighted by Gasteiger charge is -2.00. The highest BCUT2D eigenvalue weighted by atomic mass is 32.1. The molecule has 0 aliphatic heterocycles. The van der Waals surface area contributed by atoms with Crippen molar-refractivity contribution in [3.63, 3.8) is 0 Å². The Kier molecular flexibility index (Phi) is 3.57. The molecule has 3 heterocycles. The number of amides is 1. The van der Waals surface area contributed by atoms with E-state index in [1.807, 2.05) is 13.8 Å². The van der Waals surface area contributed by atoms with Crippen molar-refractivity contribution in [2.45, 2.75) is 20.4 Å². The molecule has 6 nitrogen and oxygen atoms in total. The van der Waals surface area contributed by atoms with Gasteiger partial charge in [0.2, 0.25) is 0 Å². The maximum atomic E-state index is 12.1. The van der Waals surface area contributed by atoms with E-state index in [0.717, 1.165) is 15.6 Å². The van der Waals surface area contributed by atoms with Crippen LogP contribution in [0.15, 0.2) is 28.9 Å². The van der Waals surface area contributed by atoms with Gasteiger partial charge in [-0.1, -0.05) is 0 Å². The fourth-order valence-corrected chi connectivity index (χ4v) is 2.86. The van der Waals surface area contributed by atoms with E-state index in [1.165, 1.54) is 0 Å². The van der Waals surface area contributed by atoms with E-state index in [0.29, 0.717) is 23.7 Å². The average Bonchev–Trinajstić information content (AvgIpc) is 3.16. The van der Waals surface area contributed by atoms with Crippen LogP contribution in [-0.2, 0) is 6.54 Å². The summed E-state index contributed by atoms with van der Waals surface area (Å²) in [5.74, 6) is 0.421. The van der Waals surface area contributed by atoms with E-state index in [1.54, 1.807) is 35.8 Å². The molecule has 0 aliphatic rings. The molecule has 0 aromatic carbocycles. The summed E-state index contributed by atoms with van der Waals surface area (Å²) in [6.07, 6.45) is 1.57. The third-order valence-electron chi connectivity index (χ3n) is 3.01. The Morgan fingerprint density at radius 2 is 2.33 bits per heavy atom. The Morgan fingerprint density at radius 3 is 3.00 bits per heavy atom. The fourth-order valence-electron chi connectivity index (χ4n) is 1.98. The zero-order chi connectivity index (χ0) is 14.8. The third-order valence-corrected chi connectivity index (χ3v) is 4.08. The van der Waals surface area contributed by atoms with Gasteiger partial charge in [0.15, 0.2) is 11.5 Å². The van der Waals surface area contributed by atoms with Gasteiger partial charge >= 0.3 is 0 Å². The van der Waals surface area contributed by atoms with Gasteiger partial charge in [0, 0.05) is 10.9 Å². The number of carbonyl (C=O) groups excluding carboxylic acids is 1. The van der Waals surface area contributed by atoms with Crippen molar-refractivity contribution in [2.75, 3.05) is 0 Å². The molecule has 108 valence electrons. The van der Waals surface area contributed by atoms with E-state index in [2.05, 4.69) is 20.5 Å². The molecule has 0 atom stereocenters. The van der Waals surface area contributed by atoms with Crippen LogP contribution in [0.5, 0.6) is 0 Å². The van der Waals surface area contributed by atoms with Crippen LogP contribution in [0.25, 0.3) is 11.5 Å². The number of furan rings is 1. The quantitative estimate of drug-likeness (QED) is 0.776.